The van der Waals surface area contributed by atoms with Crippen LogP contribution in [0.3, 0.4) is 0 Å². The minimum absolute atomic E-state index is 0. The molecular formula is C12H23BNP. The Hall–Kier alpha value is -0.485. The summed E-state index contributed by atoms with van der Waals surface area (Å²) in [6.07, 6.45) is 2.20. The summed E-state index contributed by atoms with van der Waals surface area (Å²) in [4.78, 5) is 2.22. The van der Waals surface area contributed by atoms with Gasteiger partial charge >= 0.3 is 0 Å². The summed E-state index contributed by atoms with van der Waals surface area (Å²) < 4.78 is 0. The van der Waals surface area contributed by atoms with Crippen molar-refractivity contribution < 1.29 is 0 Å². The molecule has 0 fully saturated rings. The lowest BCUT2D eigenvalue weighted by Crippen LogP contribution is -2.15. The zero-order valence-corrected chi connectivity index (χ0v) is 10.7. The molecule has 1 aromatic carbocycles. The fraction of sp³-hybridized carbons (Fsp3) is 0.500. The van der Waals surface area contributed by atoms with Gasteiger partial charge in [-0.3, -0.25) is 0 Å². The molecule has 0 N–H and O–H groups in total. The molecule has 0 bridgehead atoms. The molecule has 84 valence electrons. The van der Waals surface area contributed by atoms with E-state index in [0.717, 1.165) is 12.8 Å². The lowest BCUT2D eigenvalue weighted by molar-refractivity contribution is 1.02. The summed E-state index contributed by atoms with van der Waals surface area (Å²) in [6, 6.07) is 4.53. The molecule has 0 aliphatic rings. The number of hydrogen-bond acceptors (Lipinski definition) is 1. The van der Waals surface area contributed by atoms with Crippen LogP contribution in [0.1, 0.15) is 25.0 Å². The summed E-state index contributed by atoms with van der Waals surface area (Å²) in [6.45, 7) is 4.43. The van der Waals surface area contributed by atoms with Gasteiger partial charge in [-0.1, -0.05) is 13.8 Å². The topological polar surface area (TPSA) is 3.24 Å². The van der Waals surface area contributed by atoms with Gasteiger partial charge in [0.2, 0.25) is 0 Å². The van der Waals surface area contributed by atoms with E-state index >= 15 is 0 Å². The fourth-order valence-electron chi connectivity index (χ4n) is 1.90. The molecule has 1 unspecified atom stereocenters. The highest BCUT2D eigenvalue weighted by atomic mass is 31.0. The molecule has 1 atom stereocenters. The van der Waals surface area contributed by atoms with Gasteiger partial charge in [0.1, 0.15) is 0 Å². The first-order valence-electron chi connectivity index (χ1n) is 5.18. The molecular weight excluding hydrogens is 200 g/mol. The zero-order chi connectivity index (χ0) is 10.7. The lowest BCUT2D eigenvalue weighted by Gasteiger charge is -2.21. The molecule has 3 heteroatoms. The van der Waals surface area contributed by atoms with Gasteiger partial charge in [-0.15, -0.1) is 9.24 Å². The van der Waals surface area contributed by atoms with Crippen molar-refractivity contribution in [2.45, 2.75) is 26.7 Å². The number of benzene rings is 1. The van der Waals surface area contributed by atoms with E-state index in [4.69, 9.17) is 0 Å². The van der Waals surface area contributed by atoms with Gasteiger partial charge in [0.25, 0.3) is 0 Å². The van der Waals surface area contributed by atoms with Gasteiger partial charge < -0.3 is 4.90 Å². The smallest absolute Gasteiger partial charge is 0.0814 e. The highest BCUT2D eigenvalue weighted by Gasteiger charge is 2.08. The third-order valence-electron chi connectivity index (χ3n) is 2.50. The second-order valence-electron chi connectivity index (χ2n) is 3.79. The molecule has 0 aliphatic carbocycles. The van der Waals surface area contributed by atoms with Crippen molar-refractivity contribution in [1.82, 2.24) is 0 Å². The molecule has 0 saturated heterocycles. The third kappa shape index (κ3) is 3.24. The Kier molecular flexibility index (Phi) is 5.98. The molecule has 0 spiro atoms. The highest BCUT2D eigenvalue weighted by Crippen LogP contribution is 2.24. The first-order chi connectivity index (χ1) is 6.60. The number of hydrogen-bond donors (Lipinski definition) is 0. The Labute approximate surface area is 98.0 Å². The van der Waals surface area contributed by atoms with Gasteiger partial charge in [0.15, 0.2) is 0 Å². The largest absolute Gasteiger partial charge is 0.377 e. The predicted molar refractivity (Wildman–Crippen MR) is 78.8 cm³/mol. The molecule has 0 heterocycles. The normalized spacial score (nSPS) is 9.67. The van der Waals surface area contributed by atoms with E-state index in [1.165, 1.54) is 22.1 Å². The number of rotatable bonds is 3. The van der Waals surface area contributed by atoms with E-state index in [0.29, 0.717) is 0 Å². The van der Waals surface area contributed by atoms with Gasteiger partial charge in [0.05, 0.1) is 8.41 Å². The maximum atomic E-state index is 2.79. The third-order valence-corrected chi connectivity index (χ3v) is 2.83. The quantitative estimate of drug-likeness (QED) is 0.549. The Morgan fingerprint density at radius 3 is 1.73 bits per heavy atom. The average molecular weight is 223 g/mol. The molecule has 1 aromatic rings. The number of nitrogens with zero attached hydrogens (tertiary/aromatic N) is 1. The first kappa shape index (κ1) is 14.5. The van der Waals surface area contributed by atoms with Gasteiger partial charge in [-0.2, -0.15) is 0 Å². The van der Waals surface area contributed by atoms with E-state index in [1.807, 2.05) is 0 Å². The SMILES string of the molecule is B.CCc1cc(P)cc(CC)c1N(C)C. The van der Waals surface area contributed by atoms with Crippen LogP contribution in [-0.2, 0) is 12.8 Å². The zero-order valence-electron chi connectivity index (χ0n) is 9.59. The minimum Gasteiger partial charge on any atom is -0.377 e. The molecule has 0 amide bonds. The van der Waals surface area contributed by atoms with Crippen LogP contribution in [0, 0.1) is 0 Å². The van der Waals surface area contributed by atoms with Gasteiger partial charge in [-0.05, 0) is 41.4 Å². The van der Waals surface area contributed by atoms with Crippen molar-refractivity contribution in [2.24, 2.45) is 0 Å². The van der Waals surface area contributed by atoms with Crippen molar-refractivity contribution in [2.75, 3.05) is 19.0 Å². The van der Waals surface area contributed by atoms with E-state index < -0.39 is 0 Å². The van der Waals surface area contributed by atoms with Crippen molar-refractivity contribution in [1.29, 1.82) is 0 Å². The minimum atomic E-state index is 0. The Bertz CT molecular complexity index is 298. The maximum Gasteiger partial charge on any atom is 0.0814 e. The molecule has 15 heavy (non-hydrogen) atoms. The molecule has 1 rings (SSSR count). The van der Waals surface area contributed by atoms with Crippen molar-refractivity contribution in [3.05, 3.63) is 23.3 Å². The summed E-state index contributed by atoms with van der Waals surface area (Å²) in [5, 5.41) is 1.30. The lowest BCUT2D eigenvalue weighted by atomic mass is 10.0. The summed E-state index contributed by atoms with van der Waals surface area (Å²) in [5.74, 6) is 0. The second kappa shape index (κ2) is 6.17. The van der Waals surface area contributed by atoms with Crippen molar-refractivity contribution >= 4 is 28.6 Å². The molecule has 0 radical (unpaired) electrons. The van der Waals surface area contributed by atoms with Crippen LogP contribution in [0.5, 0.6) is 0 Å². The fourth-order valence-corrected chi connectivity index (χ4v) is 2.30. The van der Waals surface area contributed by atoms with Crippen LogP contribution in [0.2, 0.25) is 0 Å². The Balaban J connectivity index is 0.00000196. The molecule has 0 aromatic heterocycles. The first-order valence-corrected chi connectivity index (χ1v) is 5.76. The summed E-state index contributed by atoms with van der Waals surface area (Å²) >= 11 is 0. The predicted octanol–water partition coefficient (Wildman–Crippen LogP) is 1.19. The van der Waals surface area contributed by atoms with Crippen LogP contribution in [0.25, 0.3) is 0 Å². The standard InChI is InChI=1S/C12H20NP.BH3/c1-5-9-7-11(14)8-10(6-2)12(9)13(3)4;/h7-8H,5-6,14H2,1-4H3;1H3. The average Bonchev–Trinajstić information content (AvgIpc) is 2.15. The van der Waals surface area contributed by atoms with E-state index in [9.17, 15) is 0 Å². The number of anilines is 1. The maximum absolute atomic E-state index is 2.79. The van der Waals surface area contributed by atoms with Gasteiger partial charge in [-0.25, -0.2) is 0 Å². The molecule has 0 aliphatic heterocycles. The van der Waals surface area contributed by atoms with Crippen LogP contribution < -0.4 is 10.2 Å². The summed E-state index contributed by atoms with van der Waals surface area (Å²) in [7, 11) is 7.03. The monoisotopic (exact) mass is 223 g/mol. The highest BCUT2D eigenvalue weighted by molar-refractivity contribution is 7.27. The van der Waals surface area contributed by atoms with E-state index in [1.54, 1.807) is 0 Å². The second-order valence-corrected chi connectivity index (χ2v) is 4.46. The number of aryl methyl sites for hydroxylation is 2. The van der Waals surface area contributed by atoms with Crippen LogP contribution >= 0.6 is 9.24 Å². The van der Waals surface area contributed by atoms with Crippen LogP contribution in [-0.4, -0.2) is 22.5 Å². The molecule has 1 nitrogen and oxygen atoms in total. The van der Waals surface area contributed by atoms with Gasteiger partial charge in [0, 0.05) is 19.8 Å². The van der Waals surface area contributed by atoms with Crippen molar-refractivity contribution in [3.8, 4) is 0 Å². The van der Waals surface area contributed by atoms with E-state index in [-0.39, 0.29) is 8.41 Å². The molecule has 0 saturated carbocycles. The Morgan fingerprint density at radius 1 is 1.07 bits per heavy atom. The van der Waals surface area contributed by atoms with Crippen molar-refractivity contribution in [3.63, 3.8) is 0 Å². The Morgan fingerprint density at radius 2 is 1.47 bits per heavy atom. The van der Waals surface area contributed by atoms with Crippen LogP contribution in [0.4, 0.5) is 5.69 Å². The van der Waals surface area contributed by atoms with E-state index in [2.05, 4.69) is 54.2 Å². The summed E-state index contributed by atoms with van der Waals surface area (Å²) in [5.41, 5.74) is 4.29. The van der Waals surface area contributed by atoms with Crippen LogP contribution in [0.15, 0.2) is 12.1 Å².